The van der Waals surface area contributed by atoms with Crippen LogP contribution in [0.3, 0.4) is 0 Å². The summed E-state index contributed by atoms with van der Waals surface area (Å²) in [5.41, 5.74) is 1.40. The smallest absolute Gasteiger partial charge is 0.255 e. The molecule has 7 heteroatoms. The van der Waals surface area contributed by atoms with Crippen molar-refractivity contribution in [2.75, 3.05) is 0 Å². The molecule has 0 fully saturated rings. The number of aromatic hydroxyl groups is 1. The monoisotopic (exact) mass is 333 g/mol. The van der Waals surface area contributed by atoms with E-state index in [9.17, 15) is 14.3 Å². The van der Waals surface area contributed by atoms with Crippen molar-refractivity contribution in [1.82, 2.24) is 15.3 Å². The fourth-order valence-corrected chi connectivity index (χ4v) is 2.47. The Morgan fingerprint density at radius 2 is 2.13 bits per heavy atom. The molecule has 1 aromatic heterocycles. The Kier molecular flexibility index (Phi) is 3.92. The van der Waals surface area contributed by atoms with E-state index in [4.69, 9.17) is 11.6 Å². The van der Waals surface area contributed by atoms with Crippen LogP contribution in [-0.2, 0) is 0 Å². The third-order valence-electron chi connectivity index (χ3n) is 3.44. The Morgan fingerprint density at radius 1 is 1.39 bits per heavy atom. The number of carbonyl (C=O) groups is 1. The Labute approximate surface area is 136 Å². The van der Waals surface area contributed by atoms with Crippen LogP contribution in [0.1, 0.15) is 29.1 Å². The van der Waals surface area contributed by atoms with Gasteiger partial charge in [-0.2, -0.15) is 0 Å². The van der Waals surface area contributed by atoms with E-state index < -0.39 is 23.5 Å². The van der Waals surface area contributed by atoms with Gasteiger partial charge in [-0.05, 0) is 31.2 Å². The summed E-state index contributed by atoms with van der Waals surface area (Å²) in [4.78, 5) is 19.7. The molecule has 3 N–H and O–H groups in total. The molecule has 2 aromatic carbocycles. The number of aromatic nitrogens is 2. The first kappa shape index (κ1) is 15.3. The number of halogens is 2. The van der Waals surface area contributed by atoms with Crippen molar-refractivity contribution >= 4 is 28.5 Å². The third kappa shape index (κ3) is 2.98. The number of nitrogens with zero attached hydrogens (tertiary/aromatic N) is 1. The predicted octanol–water partition coefficient (Wildman–Crippen LogP) is 3.55. The van der Waals surface area contributed by atoms with Gasteiger partial charge in [-0.3, -0.25) is 4.79 Å². The Bertz CT molecular complexity index is 861. The van der Waals surface area contributed by atoms with Crippen LogP contribution < -0.4 is 5.32 Å². The molecule has 0 unspecified atom stereocenters. The van der Waals surface area contributed by atoms with Crippen molar-refractivity contribution in [2.24, 2.45) is 0 Å². The van der Waals surface area contributed by atoms with Gasteiger partial charge >= 0.3 is 0 Å². The van der Waals surface area contributed by atoms with Crippen molar-refractivity contribution < 1.29 is 14.3 Å². The summed E-state index contributed by atoms with van der Waals surface area (Å²) in [7, 11) is 0. The molecule has 0 bridgehead atoms. The van der Waals surface area contributed by atoms with Crippen LogP contribution in [0.5, 0.6) is 5.75 Å². The number of imidazole rings is 1. The molecular weight excluding hydrogens is 321 g/mol. The molecule has 5 nitrogen and oxygen atoms in total. The lowest BCUT2D eigenvalue weighted by molar-refractivity contribution is 0.0935. The van der Waals surface area contributed by atoms with Gasteiger partial charge in [-0.1, -0.05) is 23.7 Å². The van der Waals surface area contributed by atoms with Gasteiger partial charge in [0.15, 0.2) is 0 Å². The molecule has 1 heterocycles. The summed E-state index contributed by atoms with van der Waals surface area (Å²) < 4.78 is 13.4. The number of H-pyrrole nitrogens is 1. The molecule has 118 valence electrons. The lowest BCUT2D eigenvalue weighted by atomic mass is 10.1. The highest BCUT2D eigenvalue weighted by molar-refractivity contribution is 6.32. The number of benzene rings is 2. The number of phenols is 1. The van der Waals surface area contributed by atoms with Crippen LogP contribution in [-0.4, -0.2) is 21.0 Å². The van der Waals surface area contributed by atoms with Crippen LogP contribution in [0.2, 0.25) is 5.02 Å². The van der Waals surface area contributed by atoms with Crippen molar-refractivity contribution in [1.29, 1.82) is 0 Å². The molecule has 0 aliphatic heterocycles. The number of phenolic OH excluding ortho intramolecular Hbond substituents is 1. The van der Waals surface area contributed by atoms with E-state index in [2.05, 4.69) is 15.3 Å². The molecule has 0 radical (unpaired) electrons. The summed E-state index contributed by atoms with van der Waals surface area (Å²) in [6, 6.07) is 8.87. The number of para-hydroxylation sites is 2. The predicted molar refractivity (Wildman–Crippen MR) is 85.0 cm³/mol. The van der Waals surface area contributed by atoms with Gasteiger partial charge in [-0.15, -0.1) is 0 Å². The minimum absolute atomic E-state index is 0.216. The molecule has 1 atom stereocenters. The van der Waals surface area contributed by atoms with Gasteiger partial charge in [0.25, 0.3) is 5.91 Å². The first-order valence-electron chi connectivity index (χ1n) is 6.89. The maximum Gasteiger partial charge on any atom is 0.255 e. The van der Waals surface area contributed by atoms with E-state index in [1.165, 1.54) is 0 Å². The van der Waals surface area contributed by atoms with Crippen LogP contribution in [0.15, 0.2) is 36.4 Å². The zero-order chi connectivity index (χ0) is 16.6. The Balaban J connectivity index is 1.85. The number of amides is 1. The fourth-order valence-electron chi connectivity index (χ4n) is 2.26. The molecule has 3 aromatic rings. The van der Waals surface area contributed by atoms with E-state index in [-0.39, 0.29) is 10.6 Å². The van der Waals surface area contributed by atoms with E-state index in [1.54, 1.807) is 6.92 Å². The number of hydrogen-bond donors (Lipinski definition) is 3. The van der Waals surface area contributed by atoms with Gasteiger partial charge in [0.05, 0.1) is 27.7 Å². The van der Waals surface area contributed by atoms with Gasteiger partial charge in [0.1, 0.15) is 17.4 Å². The summed E-state index contributed by atoms with van der Waals surface area (Å²) in [5, 5.41) is 12.2. The minimum Gasteiger partial charge on any atom is -0.506 e. The summed E-state index contributed by atoms with van der Waals surface area (Å²) in [5.74, 6) is -1.24. The van der Waals surface area contributed by atoms with Gasteiger partial charge < -0.3 is 15.4 Å². The minimum atomic E-state index is -0.700. The van der Waals surface area contributed by atoms with Crippen molar-refractivity contribution in [2.45, 2.75) is 13.0 Å². The second-order valence-electron chi connectivity index (χ2n) is 5.12. The first-order chi connectivity index (χ1) is 11.0. The lowest BCUT2D eigenvalue weighted by Crippen LogP contribution is -2.27. The van der Waals surface area contributed by atoms with E-state index >= 15 is 0 Å². The number of rotatable bonds is 3. The average molecular weight is 334 g/mol. The second kappa shape index (κ2) is 5.89. The zero-order valence-electron chi connectivity index (χ0n) is 12.1. The summed E-state index contributed by atoms with van der Waals surface area (Å²) >= 11 is 5.68. The van der Waals surface area contributed by atoms with Crippen molar-refractivity contribution in [3.8, 4) is 5.75 Å². The molecular formula is C16H13ClFN3O2. The normalized spacial score (nSPS) is 12.3. The lowest BCUT2D eigenvalue weighted by Gasteiger charge is -2.13. The quantitative estimate of drug-likeness (QED) is 0.686. The van der Waals surface area contributed by atoms with Crippen LogP contribution in [0.25, 0.3) is 11.0 Å². The molecule has 0 saturated heterocycles. The van der Waals surface area contributed by atoms with Crippen LogP contribution in [0.4, 0.5) is 4.39 Å². The van der Waals surface area contributed by atoms with Gasteiger partial charge in [0.2, 0.25) is 0 Å². The zero-order valence-corrected chi connectivity index (χ0v) is 12.9. The highest BCUT2D eigenvalue weighted by Crippen LogP contribution is 2.29. The molecule has 0 spiro atoms. The number of aromatic amines is 1. The molecule has 0 saturated carbocycles. The highest BCUT2D eigenvalue weighted by atomic mass is 35.5. The molecule has 3 rings (SSSR count). The molecule has 0 aliphatic carbocycles. The summed E-state index contributed by atoms with van der Waals surface area (Å²) in [6.45, 7) is 1.73. The van der Waals surface area contributed by atoms with Crippen molar-refractivity contribution in [3.63, 3.8) is 0 Å². The van der Waals surface area contributed by atoms with Crippen molar-refractivity contribution in [3.05, 3.63) is 58.6 Å². The Hall–Kier alpha value is -2.60. The van der Waals surface area contributed by atoms with Crippen LogP contribution in [0, 0.1) is 5.82 Å². The fraction of sp³-hybridized carbons (Fsp3) is 0.125. The topological polar surface area (TPSA) is 78.0 Å². The number of carbonyl (C=O) groups excluding carboxylic acids is 1. The highest BCUT2D eigenvalue weighted by Gasteiger charge is 2.19. The summed E-state index contributed by atoms with van der Waals surface area (Å²) in [6.07, 6.45) is 0. The van der Waals surface area contributed by atoms with Crippen LogP contribution >= 0.6 is 11.6 Å². The average Bonchev–Trinajstić information content (AvgIpc) is 2.94. The second-order valence-corrected chi connectivity index (χ2v) is 5.53. The van der Waals surface area contributed by atoms with E-state index in [0.717, 1.165) is 23.2 Å². The molecule has 23 heavy (non-hydrogen) atoms. The third-order valence-corrected chi connectivity index (χ3v) is 3.73. The number of nitrogens with one attached hydrogen (secondary N) is 2. The van der Waals surface area contributed by atoms with E-state index in [0.29, 0.717) is 5.82 Å². The molecule has 1 amide bonds. The maximum absolute atomic E-state index is 13.4. The van der Waals surface area contributed by atoms with Gasteiger partial charge in [0, 0.05) is 0 Å². The maximum atomic E-state index is 13.4. The first-order valence-corrected chi connectivity index (χ1v) is 7.27. The van der Waals surface area contributed by atoms with E-state index in [1.807, 2.05) is 24.3 Å². The number of hydrogen-bond acceptors (Lipinski definition) is 3. The SMILES string of the molecule is C[C@H](NC(=O)c1cc(F)cc(Cl)c1O)c1nc2ccccc2[nH]1. The standard InChI is InChI=1S/C16H13ClFN3O2/c1-8(15-20-12-4-2-3-5-13(12)21-15)19-16(23)10-6-9(18)7-11(17)14(10)22/h2-8,22H,1H3,(H,19,23)(H,20,21)/t8-/m0/s1. The largest absolute Gasteiger partial charge is 0.506 e. The molecule has 0 aliphatic rings. The van der Waals surface area contributed by atoms with Gasteiger partial charge in [-0.25, -0.2) is 9.37 Å². The Morgan fingerprint density at radius 3 is 2.87 bits per heavy atom. The number of fused-ring (bicyclic) bond motifs is 1.